The second kappa shape index (κ2) is 6.47. The molecule has 3 aromatic rings. The number of benzene rings is 1. The van der Waals surface area contributed by atoms with Crippen LogP contribution in [0.15, 0.2) is 29.3 Å². The number of fused-ring (bicyclic) bond motifs is 1. The van der Waals surface area contributed by atoms with Gasteiger partial charge in [-0.15, -0.1) is 0 Å². The quantitative estimate of drug-likeness (QED) is 0.678. The maximum absolute atomic E-state index is 13.5. The number of rotatable bonds is 4. The lowest BCUT2D eigenvalue weighted by atomic mass is 10.1. The van der Waals surface area contributed by atoms with Crippen molar-refractivity contribution in [1.82, 2.24) is 14.6 Å². The summed E-state index contributed by atoms with van der Waals surface area (Å²) in [4.78, 5) is 26.8. The first kappa shape index (κ1) is 17.4. The highest BCUT2D eigenvalue weighted by Crippen LogP contribution is 2.22. The summed E-state index contributed by atoms with van der Waals surface area (Å²) in [7, 11) is 0. The average Bonchev–Trinajstić information content (AvgIpc) is 3.05. The zero-order valence-electron chi connectivity index (χ0n) is 12.9. The van der Waals surface area contributed by atoms with E-state index in [0.717, 1.165) is 16.9 Å². The molecule has 0 aliphatic heterocycles. The second-order valence-corrected chi connectivity index (χ2v) is 5.36. The molecule has 0 saturated heterocycles. The van der Waals surface area contributed by atoms with Crippen molar-refractivity contribution < 1.29 is 28.2 Å². The van der Waals surface area contributed by atoms with E-state index in [2.05, 4.69) is 10.1 Å². The van der Waals surface area contributed by atoms with Gasteiger partial charge >= 0.3 is 5.97 Å². The molecular weight excluding hydrogens is 355 g/mol. The van der Waals surface area contributed by atoms with Crippen LogP contribution in [0.4, 0.5) is 13.2 Å². The Hall–Kier alpha value is -3.43. The summed E-state index contributed by atoms with van der Waals surface area (Å²) < 4.78 is 41.2. The number of aliphatic carboxylic acids is 1. The van der Waals surface area contributed by atoms with E-state index in [0.29, 0.717) is 12.1 Å². The third-order valence-corrected chi connectivity index (χ3v) is 3.66. The fourth-order valence-electron chi connectivity index (χ4n) is 2.49. The summed E-state index contributed by atoms with van der Waals surface area (Å²) >= 11 is 0. The first-order valence-corrected chi connectivity index (χ1v) is 7.25. The molecule has 2 N–H and O–H groups in total. The number of carbonyl (C=O) groups is 1. The number of aliphatic hydroxyl groups excluding tert-OH is 1. The van der Waals surface area contributed by atoms with Crippen LogP contribution in [0.3, 0.4) is 0 Å². The third kappa shape index (κ3) is 2.96. The van der Waals surface area contributed by atoms with Crippen molar-refractivity contribution in [2.24, 2.45) is 0 Å². The summed E-state index contributed by atoms with van der Waals surface area (Å²) in [5.41, 5.74) is -1.12. The molecule has 1 aromatic carbocycles. The molecule has 0 saturated carbocycles. The number of pyridine rings is 1. The minimum atomic E-state index is -1.65. The van der Waals surface area contributed by atoms with E-state index in [-0.39, 0.29) is 28.5 Å². The van der Waals surface area contributed by atoms with Crippen molar-refractivity contribution in [3.05, 3.63) is 57.4 Å². The van der Waals surface area contributed by atoms with Crippen molar-refractivity contribution in [1.29, 1.82) is 0 Å². The minimum Gasteiger partial charge on any atom is -0.511 e. The van der Waals surface area contributed by atoms with E-state index < -0.39 is 41.0 Å². The molecule has 0 aliphatic carbocycles. The van der Waals surface area contributed by atoms with Crippen LogP contribution >= 0.6 is 0 Å². The van der Waals surface area contributed by atoms with Gasteiger partial charge in [-0.25, -0.2) is 22.7 Å². The minimum absolute atomic E-state index is 0.0740. The van der Waals surface area contributed by atoms with Gasteiger partial charge in [0.05, 0.1) is 12.1 Å². The number of aliphatic hydroxyl groups is 1. The number of nitrogens with zero attached hydrogens (tertiary/aromatic N) is 3. The summed E-state index contributed by atoms with van der Waals surface area (Å²) in [6.07, 6.45) is 0.316. The van der Waals surface area contributed by atoms with Crippen LogP contribution < -0.4 is 10.6 Å². The molecule has 0 spiro atoms. The standard InChI is InChI=1S/C16H10F3N3O4/c17-8-3-7(4-9(18)15(8)19)10-5-12(24)14(11(23)1-2-13(25)26)16-20-6-21-22(10)16/h3-6,23H,1-2H2,(H,25,26)/b14-11-. The smallest absolute Gasteiger partial charge is 0.303 e. The van der Waals surface area contributed by atoms with E-state index in [4.69, 9.17) is 5.11 Å². The molecule has 0 atom stereocenters. The molecule has 26 heavy (non-hydrogen) atoms. The Morgan fingerprint density at radius 1 is 1.08 bits per heavy atom. The zero-order chi connectivity index (χ0) is 19.0. The molecule has 0 aliphatic rings. The van der Waals surface area contributed by atoms with Crippen LogP contribution in [-0.2, 0) is 4.79 Å². The molecular formula is C16H10F3N3O4. The Labute approximate surface area is 142 Å². The first-order valence-electron chi connectivity index (χ1n) is 7.25. The SMILES string of the molecule is O=C(O)CC/C(O)=c1\c(=O)cc(-c2cc(F)c(F)c(F)c2)n2ncnc12. The topological polar surface area (TPSA) is 105 Å². The fourth-order valence-corrected chi connectivity index (χ4v) is 2.49. The van der Waals surface area contributed by atoms with Crippen molar-refractivity contribution in [2.75, 3.05) is 0 Å². The van der Waals surface area contributed by atoms with E-state index in [9.17, 15) is 27.9 Å². The van der Waals surface area contributed by atoms with Gasteiger partial charge < -0.3 is 10.2 Å². The van der Waals surface area contributed by atoms with Gasteiger partial charge in [-0.05, 0) is 12.1 Å². The van der Waals surface area contributed by atoms with Crippen LogP contribution in [0.2, 0.25) is 0 Å². The summed E-state index contributed by atoms with van der Waals surface area (Å²) in [5.74, 6) is -6.21. The molecule has 3 rings (SSSR count). The average molecular weight is 365 g/mol. The molecule has 134 valence electrons. The predicted molar refractivity (Wildman–Crippen MR) is 82.7 cm³/mol. The Morgan fingerprint density at radius 3 is 2.35 bits per heavy atom. The van der Waals surface area contributed by atoms with Gasteiger partial charge in [-0.3, -0.25) is 9.59 Å². The Balaban J connectivity index is 2.28. The highest BCUT2D eigenvalue weighted by atomic mass is 19.2. The summed E-state index contributed by atoms with van der Waals surface area (Å²) in [6, 6.07) is 2.34. The number of carboxylic acid groups (broad SMARTS) is 1. The van der Waals surface area contributed by atoms with Crippen molar-refractivity contribution in [3.8, 4) is 11.3 Å². The van der Waals surface area contributed by atoms with Gasteiger partial charge in [0, 0.05) is 18.1 Å². The van der Waals surface area contributed by atoms with E-state index >= 15 is 0 Å². The summed E-state index contributed by atoms with van der Waals surface area (Å²) in [6.45, 7) is 0. The Kier molecular flexibility index (Phi) is 4.33. The molecule has 2 aromatic heterocycles. The van der Waals surface area contributed by atoms with Crippen molar-refractivity contribution >= 4 is 17.4 Å². The fraction of sp³-hybridized carbons (Fsp3) is 0.125. The maximum Gasteiger partial charge on any atom is 0.303 e. The van der Waals surface area contributed by atoms with Gasteiger partial charge in [-0.2, -0.15) is 5.10 Å². The van der Waals surface area contributed by atoms with Crippen LogP contribution in [0.5, 0.6) is 0 Å². The number of aromatic nitrogens is 3. The van der Waals surface area contributed by atoms with Crippen LogP contribution in [0.1, 0.15) is 12.8 Å². The lowest BCUT2D eigenvalue weighted by Gasteiger charge is -2.07. The molecule has 0 amide bonds. The summed E-state index contributed by atoms with van der Waals surface area (Å²) in [5, 5.41) is 22.3. The molecule has 0 unspecified atom stereocenters. The van der Waals surface area contributed by atoms with E-state index in [1.165, 1.54) is 0 Å². The number of hydrogen-bond donors (Lipinski definition) is 2. The van der Waals surface area contributed by atoms with Crippen LogP contribution in [0, 0.1) is 17.5 Å². The van der Waals surface area contributed by atoms with E-state index in [1.807, 2.05) is 0 Å². The first-order chi connectivity index (χ1) is 12.3. The highest BCUT2D eigenvalue weighted by molar-refractivity contribution is 5.69. The van der Waals surface area contributed by atoms with Crippen LogP contribution in [-0.4, -0.2) is 30.8 Å². The maximum atomic E-state index is 13.5. The van der Waals surface area contributed by atoms with Crippen LogP contribution in [0.25, 0.3) is 22.7 Å². The number of halogens is 3. The number of carboxylic acids is 1. The molecule has 0 fully saturated rings. The van der Waals surface area contributed by atoms with Gasteiger partial charge in [0.25, 0.3) is 0 Å². The largest absolute Gasteiger partial charge is 0.511 e. The third-order valence-electron chi connectivity index (χ3n) is 3.66. The van der Waals surface area contributed by atoms with Gasteiger partial charge in [0.15, 0.2) is 28.5 Å². The van der Waals surface area contributed by atoms with Gasteiger partial charge in [0.1, 0.15) is 17.3 Å². The normalized spacial score (nSPS) is 12.4. The Morgan fingerprint density at radius 2 is 1.73 bits per heavy atom. The molecule has 2 heterocycles. The van der Waals surface area contributed by atoms with Crippen molar-refractivity contribution in [2.45, 2.75) is 12.8 Å². The monoisotopic (exact) mass is 365 g/mol. The molecule has 0 radical (unpaired) electrons. The predicted octanol–water partition coefficient (Wildman–Crippen LogP) is 1.42. The zero-order valence-corrected chi connectivity index (χ0v) is 12.9. The number of hydrogen-bond acceptors (Lipinski definition) is 5. The lowest BCUT2D eigenvalue weighted by molar-refractivity contribution is -0.136. The van der Waals surface area contributed by atoms with Crippen molar-refractivity contribution in [3.63, 3.8) is 0 Å². The highest BCUT2D eigenvalue weighted by Gasteiger charge is 2.17. The molecule has 0 bridgehead atoms. The van der Waals surface area contributed by atoms with Gasteiger partial charge in [0.2, 0.25) is 0 Å². The molecule has 7 nitrogen and oxygen atoms in total. The van der Waals surface area contributed by atoms with Gasteiger partial charge in [-0.1, -0.05) is 0 Å². The molecule has 10 heteroatoms. The van der Waals surface area contributed by atoms with E-state index in [1.54, 1.807) is 0 Å². The second-order valence-electron chi connectivity index (χ2n) is 5.36. The lowest BCUT2D eigenvalue weighted by Crippen LogP contribution is -2.30. The Bertz CT molecular complexity index is 1120.